The third-order valence-corrected chi connectivity index (χ3v) is 6.34. The smallest absolute Gasteiger partial charge is 0.261 e. The quantitative estimate of drug-likeness (QED) is 0.252. The standard InChI is InChI=1S/C25H27N3O6S2/c1-3-33-21-12-6-20(7-13-21)28-36(30,31)23-14-8-19(9-15-23)26-25(35)27-24(29)18-4-10-22(11-5-18)34-17-16-32-2/h4-15,28H,3,16-17H2,1-2H3,(H2,26,27,29,35). The highest BCUT2D eigenvalue weighted by Crippen LogP contribution is 2.21. The maximum absolute atomic E-state index is 12.7. The van der Waals surface area contributed by atoms with Gasteiger partial charge < -0.3 is 19.5 Å². The molecule has 0 heterocycles. The third-order valence-electron chi connectivity index (χ3n) is 4.74. The first-order valence-electron chi connectivity index (χ1n) is 11.0. The van der Waals surface area contributed by atoms with Crippen molar-refractivity contribution in [2.75, 3.05) is 37.0 Å². The number of rotatable bonds is 11. The van der Waals surface area contributed by atoms with Gasteiger partial charge in [0, 0.05) is 24.0 Å². The molecule has 0 aromatic heterocycles. The number of ether oxygens (including phenoxy) is 3. The predicted octanol–water partition coefficient (Wildman–Crippen LogP) is 4.04. The summed E-state index contributed by atoms with van der Waals surface area (Å²) < 4.78 is 43.7. The van der Waals surface area contributed by atoms with Crippen molar-refractivity contribution in [2.24, 2.45) is 0 Å². The van der Waals surface area contributed by atoms with Crippen molar-refractivity contribution < 1.29 is 27.4 Å². The van der Waals surface area contributed by atoms with Gasteiger partial charge in [0.25, 0.3) is 15.9 Å². The Labute approximate surface area is 215 Å². The maximum atomic E-state index is 12.7. The van der Waals surface area contributed by atoms with Crippen LogP contribution in [0.2, 0.25) is 0 Å². The van der Waals surface area contributed by atoms with Gasteiger partial charge >= 0.3 is 0 Å². The molecule has 3 aromatic rings. The lowest BCUT2D eigenvalue weighted by molar-refractivity contribution is 0.0977. The number of nitrogens with one attached hydrogen (secondary N) is 3. The second kappa shape index (κ2) is 12.9. The molecule has 9 nitrogen and oxygen atoms in total. The van der Waals surface area contributed by atoms with Crippen LogP contribution in [-0.2, 0) is 14.8 Å². The lowest BCUT2D eigenvalue weighted by atomic mass is 10.2. The van der Waals surface area contributed by atoms with Crippen LogP contribution in [0.25, 0.3) is 0 Å². The van der Waals surface area contributed by atoms with Crippen molar-refractivity contribution in [1.82, 2.24) is 5.32 Å². The Morgan fingerprint density at radius 1 is 0.833 bits per heavy atom. The van der Waals surface area contributed by atoms with Crippen LogP contribution >= 0.6 is 12.2 Å². The third kappa shape index (κ3) is 7.94. The van der Waals surface area contributed by atoms with Crippen molar-refractivity contribution >= 4 is 44.6 Å². The average Bonchev–Trinajstić information content (AvgIpc) is 2.86. The Bertz CT molecular complexity index is 1260. The van der Waals surface area contributed by atoms with Gasteiger partial charge in [0.15, 0.2) is 5.11 Å². The van der Waals surface area contributed by atoms with Crippen LogP contribution in [0.5, 0.6) is 11.5 Å². The van der Waals surface area contributed by atoms with Crippen molar-refractivity contribution in [3.63, 3.8) is 0 Å². The number of carbonyl (C=O) groups is 1. The maximum Gasteiger partial charge on any atom is 0.261 e. The van der Waals surface area contributed by atoms with E-state index in [1.54, 1.807) is 67.8 Å². The predicted molar refractivity (Wildman–Crippen MR) is 142 cm³/mol. The molecule has 0 fully saturated rings. The van der Waals surface area contributed by atoms with E-state index in [4.69, 9.17) is 26.4 Å². The van der Waals surface area contributed by atoms with Crippen LogP contribution < -0.4 is 24.8 Å². The summed E-state index contributed by atoms with van der Waals surface area (Å²) in [5, 5.41) is 5.53. The highest BCUT2D eigenvalue weighted by atomic mass is 32.2. The Kier molecular flexibility index (Phi) is 9.62. The molecule has 0 aliphatic heterocycles. The summed E-state index contributed by atoms with van der Waals surface area (Å²) in [6.07, 6.45) is 0. The van der Waals surface area contributed by atoms with E-state index in [-0.39, 0.29) is 10.0 Å². The zero-order valence-electron chi connectivity index (χ0n) is 19.8. The molecule has 36 heavy (non-hydrogen) atoms. The van der Waals surface area contributed by atoms with E-state index in [9.17, 15) is 13.2 Å². The lowest BCUT2D eigenvalue weighted by Crippen LogP contribution is -2.34. The Morgan fingerprint density at radius 3 is 2.03 bits per heavy atom. The fourth-order valence-electron chi connectivity index (χ4n) is 3.00. The van der Waals surface area contributed by atoms with E-state index in [0.29, 0.717) is 48.3 Å². The number of carbonyl (C=O) groups excluding carboxylic acids is 1. The largest absolute Gasteiger partial charge is 0.494 e. The minimum Gasteiger partial charge on any atom is -0.494 e. The van der Waals surface area contributed by atoms with Crippen molar-refractivity contribution in [3.05, 3.63) is 78.4 Å². The molecular weight excluding hydrogens is 502 g/mol. The van der Waals surface area contributed by atoms with E-state index in [2.05, 4.69) is 15.4 Å². The van der Waals surface area contributed by atoms with E-state index in [1.165, 1.54) is 12.1 Å². The molecule has 3 rings (SSSR count). The molecule has 0 unspecified atom stereocenters. The Balaban J connectivity index is 1.54. The van der Waals surface area contributed by atoms with Gasteiger partial charge in [-0.15, -0.1) is 0 Å². The Hall–Kier alpha value is -3.67. The summed E-state index contributed by atoms with van der Waals surface area (Å²) in [5.74, 6) is 0.883. The highest BCUT2D eigenvalue weighted by Gasteiger charge is 2.15. The molecule has 0 radical (unpaired) electrons. The van der Waals surface area contributed by atoms with E-state index in [1.807, 2.05) is 6.92 Å². The van der Waals surface area contributed by atoms with Gasteiger partial charge in [-0.3, -0.25) is 14.8 Å². The molecule has 1 amide bonds. The summed E-state index contributed by atoms with van der Waals surface area (Å²) >= 11 is 5.21. The van der Waals surface area contributed by atoms with Gasteiger partial charge in [0.2, 0.25) is 0 Å². The fraction of sp³-hybridized carbons (Fsp3) is 0.200. The second-order valence-electron chi connectivity index (χ2n) is 7.36. The molecular formula is C25H27N3O6S2. The summed E-state index contributed by atoms with van der Waals surface area (Å²) in [7, 11) is -2.20. The molecule has 0 spiro atoms. The number of sulfonamides is 1. The first-order chi connectivity index (χ1) is 17.3. The lowest BCUT2D eigenvalue weighted by Gasteiger charge is -2.12. The average molecular weight is 530 g/mol. The number of methoxy groups -OCH3 is 1. The van der Waals surface area contributed by atoms with Gasteiger partial charge in [-0.2, -0.15) is 0 Å². The number of amides is 1. The Morgan fingerprint density at radius 2 is 1.42 bits per heavy atom. The first-order valence-corrected chi connectivity index (χ1v) is 12.9. The van der Waals surface area contributed by atoms with Crippen molar-refractivity contribution in [2.45, 2.75) is 11.8 Å². The van der Waals surface area contributed by atoms with Crippen LogP contribution in [-0.4, -0.2) is 46.4 Å². The van der Waals surface area contributed by atoms with Gasteiger partial charge in [-0.25, -0.2) is 8.42 Å². The van der Waals surface area contributed by atoms with E-state index in [0.717, 1.165) is 0 Å². The zero-order chi connectivity index (χ0) is 26.0. The summed E-state index contributed by atoms with van der Waals surface area (Å²) in [5.41, 5.74) is 1.33. The second-order valence-corrected chi connectivity index (χ2v) is 9.45. The van der Waals surface area contributed by atoms with Crippen molar-refractivity contribution in [1.29, 1.82) is 0 Å². The fourth-order valence-corrected chi connectivity index (χ4v) is 4.27. The van der Waals surface area contributed by atoms with Crippen LogP contribution in [0.1, 0.15) is 17.3 Å². The van der Waals surface area contributed by atoms with Gasteiger partial charge in [0.05, 0.1) is 18.1 Å². The van der Waals surface area contributed by atoms with E-state index < -0.39 is 15.9 Å². The van der Waals surface area contributed by atoms with E-state index >= 15 is 0 Å². The summed E-state index contributed by atoms with van der Waals surface area (Å²) in [6, 6.07) is 19.2. The van der Waals surface area contributed by atoms with Crippen LogP contribution in [0.4, 0.5) is 11.4 Å². The number of hydrogen-bond acceptors (Lipinski definition) is 7. The van der Waals surface area contributed by atoms with Crippen molar-refractivity contribution in [3.8, 4) is 11.5 Å². The SMILES string of the molecule is CCOc1ccc(NS(=O)(=O)c2ccc(NC(=S)NC(=O)c3ccc(OCCOC)cc3)cc2)cc1. The summed E-state index contributed by atoms with van der Waals surface area (Å²) in [6.45, 7) is 3.27. The normalized spacial score (nSPS) is 10.8. The number of thiocarbonyl (C=S) groups is 1. The van der Waals surface area contributed by atoms with Gasteiger partial charge in [0.1, 0.15) is 18.1 Å². The molecule has 11 heteroatoms. The molecule has 0 saturated heterocycles. The molecule has 0 bridgehead atoms. The minimum atomic E-state index is -3.79. The number of benzene rings is 3. The molecule has 0 atom stereocenters. The molecule has 0 aliphatic rings. The monoisotopic (exact) mass is 529 g/mol. The molecule has 3 N–H and O–H groups in total. The van der Waals surface area contributed by atoms with Crippen LogP contribution in [0.3, 0.4) is 0 Å². The van der Waals surface area contributed by atoms with Crippen LogP contribution in [0.15, 0.2) is 77.7 Å². The molecule has 3 aromatic carbocycles. The number of hydrogen-bond donors (Lipinski definition) is 3. The summed E-state index contributed by atoms with van der Waals surface area (Å²) in [4.78, 5) is 12.5. The zero-order valence-corrected chi connectivity index (χ0v) is 21.4. The highest BCUT2D eigenvalue weighted by molar-refractivity contribution is 7.92. The molecule has 0 saturated carbocycles. The minimum absolute atomic E-state index is 0.0727. The topological polar surface area (TPSA) is 115 Å². The first kappa shape index (κ1) is 26.9. The molecule has 0 aliphatic carbocycles. The van der Waals surface area contributed by atoms with Gasteiger partial charge in [-0.05, 0) is 91.9 Å². The number of anilines is 2. The molecule has 190 valence electrons. The van der Waals surface area contributed by atoms with Crippen LogP contribution in [0, 0.1) is 0 Å². The van der Waals surface area contributed by atoms with Gasteiger partial charge in [-0.1, -0.05) is 0 Å².